The van der Waals surface area contributed by atoms with Crippen molar-refractivity contribution in [2.45, 2.75) is 50.6 Å². The average Bonchev–Trinajstić information content (AvgIpc) is 2.56. The third kappa shape index (κ3) is 4.15. The Balaban J connectivity index is 2.13. The van der Waals surface area contributed by atoms with Gasteiger partial charge >= 0.3 is 5.97 Å². The van der Waals surface area contributed by atoms with E-state index in [-0.39, 0.29) is 4.90 Å². The molecule has 2 rings (SSSR count). The molecular weight excluding hydrogens is 328 g/mol. The lowest BCUT2D eigenvalue weighted by molar-refractivity contribution is -0.144. The number of nitrogens with zero attached hydrogens (tertiary/aromatic N) is 2. The van der Waals surface area contributed by atoms with Crippen molar-refractivity contribution in [1.82, 2.24) is 9.21 Å². The summed E-state index contributed by atoms with van der Waals surface area (Å²) in [4.78, 5) is 13.6. The monoisotopic (exact) mass is 354 g/mol. The Morgan fingerprint density at radius 2 is 1.83 bits per heavy atom. The Bertz CT molecular complexity index is 654. The number of benzene rings is 1. The minimum Gasteiger partial charge on any atom is -0.480 e. The van der Waals surface area contributed by atoms with Gasteiger partial charge in [-0.05, 0) is 37.1 Å². The fraction of sp³-hybridized carbons (Fsp3) is 0.588. The van der Waals surface area contributed by atoms with Gasteiger partial charge in [0.15, 0.2) is 0 Å². The number of carboxylic acids is 1. The van der Waals surface area contributed by atoms with Gasteiger partial charge in [0.1, 0.15) is 6.04 Å². The van der Waals surface area contributed by atoms with Crippen LogP contribution in [-0.4, -0.2) is 54.4 Å². The highest BCUT2D eigenvalue weighted by molar-refractivity contribution is 7.89. The van der Waals surface area contributed by atoms with E-state index < -0.39 is 22.0 Å². The molecule has 1 aromatic carbocycles. The molecule has 1 aliphatic heterocycles. The molecule has 1 unspecified atom stereocenters. The van der Waals surface area contributed by atoms with Gasteiger partial charge in [0, 0.05) is 19.6 Å². The first-order chi connectivity index (χ1) is 11.4. The molecule has 134 valence electrons. The third-order valence-electron chi connectivity index (χ3n) is 4.55. The first-order valence-electron chi connectivity index (χ1n) is 8.46. The van der Waals surface area contributed by atoms with Gasteiger partial charge in [-0.15, -0.1) is 0 Å². The number of piperidine rings is 1. The Hall–Kier alpha value is -1.44. The van der Waals surface area contributed by atoms with Crippen LogP contribution in [0, 0.1) is 0 Å². The molecule has 24 heavy (non-hydrogen) atoms. The van der Waals surface area contributed by atoms with Crippen molar-refractivity contribution < 1.29 is 18.3 Å². The lowest BCUT2D eigenvalue weighted by Gasteiger charge is -2.32. The number of hydrogen-bond acceptors (Lipinski definition) is 4. The summed E-state index contributed by atoms with van der Waals surface area (Å²) in [5.74, 6) is -0.782. The Kier molecular flexibility index (Phi) is 6.37. The fourth-order valence-electron chi connectivity index (χ4n) is 3.17. The summed E-state index contributed by atoms with van der Waals surface area (Å²) in [5, 5.41) is 9.33. The van der Waals surface area contributed by atoms with E-state index in [0.29, 0.717) is 26.1 Å². The summed E-state index contributed by atoms with van der Waals surface area (Å²) in [6.07, 6.45) is 2.61. The topological polar surface area (TPSA) is 77.9 Å². The van der Waals surface area contributed by atoms with Crippen LogP contribution >= 0.6 is 0 Å². The highest BCUT2D eigenvalue weighted by atomic mass is 32.2. The van der Waals surface area contributed by atoms with Crippen LogP contribution in [0.2, 0.25) is 0 Å². The summed E-state index contributed by atoms with van der Waals surface area (Å²) in [5.41, 5.74) is 0.932. The standard InChI is InChI=1S/C17H26N2O4S/c1-3-19(4-2)24(22,23)15-10-8-14(9-11-15)13-18-12-6-5-7-16(18)17(20)21/h8-11,16H,3-7,12-13H2,1-2H3,(H,20,21). The molecule has 1 heterocycles. The van der Waals surface area contributed by atoms with Gasteiger partial charge in [-0.2, -0.15) is 4.31 Å². The van der Waals surface area contributed by atoms with Gasteiger partial charge in [0.2, 0.25) is 10.0 Å². The molecule has 1 saturated heterocycles. The lowest BCUT2D eigenvalue weighted by atomic mass is 10.0. The lowest BCUT2D eigenvalue weighted by Crippen LogP contribution is -2.44. The molecule has 0 saturated carbocycles. The van der Waals surface area contributed by atoms with Crippen LogP contribution in [-0.2, 0) is 21.4 Å². The first kappa shape index (κ1) is 18.9. The summed E-state index contributed by atoms with van der Waals surface area (Å²) in [7, 11) is -3.45. The van der Waals surface area contributed by atoms with Crippen LogP contribution < -0.4 is 0 Å². The maximum atomic E-state index is 12.5. The molecule has 1 N–H and O–H groups in total. The number of rotatable bonds is 7. The molecule has 1 aliphatic rings. The minimum atomic E-state index is -3.45. The molecule has 0 aliphatic carbocycles. The van der Waals surface area contributed by atoms with Gasteiger partial charge in [0.05, 0.1) is 4.90 Å². The largest absolute Gasteiger partial charge is 0.480 e. The van der Waals surface area contributed by atoms with Gasteiger partial charge < -0.3 is 5.11 Å². The molecule has 1 atom stereocenters. The van der Waals surface area contributed by atoms with Crippen molar-refractivity contribution in [1.29, 1.82) is 0 Å². The SMILES string of the molecule is CCN(CC)S(=O)(=O)c1ccc(CN2CCCCC2C(=O)O)cc1. The molecule has 1 aromatic rings. The van der Waals surface area contributed by atoms with Crippen LogP contribution in [0.25, 0.3) is 0 Å². The van der Waals surface area contributed by atoms with Crippen molar-refractivity contribution >= 4 is 16.0 Å². The number of aliphatic carboxylic acids is 1. The zero-order valence-corrected chi connectivity index (χ0v) is 15.1. The van der Waals surface area contributed by atoms with Gasteiger partial charge in [0.25, 0.3) is 0 Å². The van der Waals surface area contributed by atoms with Crippen molar-refractivity contribution in [2.24, 2.45) is 0 Å². The Morgan fingerprint density at radius 1 is 1.21 bits per heavy atom. The molecule has 0 radical (unpaired) electrons. The second-order valence-corrected chi connectivity index (χ2v) is 7.99. The second kappa shape index (κ2) is 8.09. The maximum absolute atomic E-state index is 12.5. The van der Waals surface area contributed by atoms with Crippen LogP contribution in [0.15, 0.2) is 29.2 Å². The van der Waals surface area contributed by atoms with Crippen LogP contribution in [0.3, 0.4) is 0 Å². The molecule has 0 bridgehead atoms. The smallest absolute Gasteiger partial charge is 0.320 e. The Labute approximate surface area is 144 Å². The summed E-state index contributed by atoms with van der Waals surface area (Å²) in [6.45, 7) is 5.80. The number of likely N-dealkylation sites (tertiary alicyclic amines) is 1. The van der Waals surface area contributed by atoms with E-state index in [2.05, 4.69) is 0 Å². The van der Waals surface area contributed by atoms with Gasteiger partial charge in [-0.1, -0.05) is 32.4 Å². The van der Waals surface area contributed by atoms with Crippen LogP contribution in [0.4, 0.5) is 0 Å². The number of sulfonamides is 1. The quantitative estimate of drug-likeness (QED) is 0.812. The maximum Gasteiger partial charge on any atom is 0.320 e. The average molecular weight is 354 g/mol. The number of hydrogen-bond donors (Lipinski definition) is 1. The van der Waals surface area contributed by atoms with Crippen LogP contribution in [0.1, 0.15) is 38.7 Å². The molecule has 0 spiro atoms. The van der Waals surface area contributed by atoms with Crippen molar-refractivity contribution in [3.05, 3.63) is 29.8 Å². The Morgan fingerprint density at radius 3 is 2.38 bits per heavy atom. The normalized spacial score (nSPS) is 19.5. The highest BCUT2D eigenvalue weighted by Crippen LogP contribution is 2.21. The highest BCUT2D eigenvalue weighted by Gasteiger charge is 2.28. The van der Waals surface area contributed by atoms with Crippen molar-refractivity contribution in [3.8, 4) is 0 Å². The fourth-order valence-corrected chi connectivity index (χ4v) is 4.63. The number of carboxylic acid groups (broad SMARTS) is 1. The van der Waals surface area contributed by atoms with E-state index in [1.54, 1.807) is 24.3 Å². The predicted molar refractivity (Wildman–Crippen MR) is 92.2 cm³/mol. The van der Waals surface area contributed by atoms with E-state index in [4.69, 9.17) is 0 Å². The van der Waals surface area contributed by atoms with Crippen LogP contribution in [0.5, 0.6) is 0 Å². The minimum absolute atomic E-state index is 0.281. The second-order valence-electron chi connectivity index (χ2n) is 6.05. The summed E-state index contributed by atoms with van der Waals surface area (Å²) in [6, 6.07) is 6.34. The summed E-state index contributed by atoms with van der Waals surface area (Å²) >= 11 is 0. The van der Waals surface area contributed by atoms with E-state index >= 15 is 0 Å². The molecule has 0 amide bonds. The van der Waals surface area contributed by atoms with E-state index in [1.807, 2.05) is 18.7 Å². The third-order valence-corrected chi connectivity index (χ3v) is 6.62. The molecule has 0 aromatic heterocycles. The molecule has 7 heteroatoms. The van der Waals surface area contributed by atoms with Gasteiger partial charge in [-0.25, -0.2) is 8.42 Å². The molecular formula is C17H26N2O4S. The van der Waals surface area contributed by atoms with E-state index in [9.17, 15) is 18.3 Å². The van der Waals surface area contributed by atoms with Crippen molar-refractivity contribution in [2.75, 3.05) is 19.6 Å². The van der Waals surface area contributed by atoms with E-state index in [1.165, 1.54) is 4.31 Å². The molecule has 1 fully saturated rings. The zero-order valence-electron chi connectivity index (χ0n) is 14.3. The predicted octanol–water partition coefficient (Wildman–Crippen LogP) is 2.16. The number of carbonyl (C=O) groups is 1. The van der Waals surface area contributed by atoms with E-state index in [0.717, 1.165) is 24.9 Å². The zero-order chi connectivity index (χ0) is 17.7. The molecule has 6 nitrogen and oxygen atoms in total. The van der Waals surface area contributed by atoms with Crippen molar-refractivity contribution in [3.63, 3.8) is 0 Å². The summed E-state index contributed by atoms with van der Waals surface area (Å²) < 4.78 is 26.4. The first-order valence-corrected chi connectivity index (χ1v) is 9.90. The van der Waals surface area contributed by atoms with Gasteiger partial charge in [-0.3, -0.25) is 9.69 Å².